The van der Waals surface area contributed by atoms with Crippen molar-refractivity contribution >= 4 is 27.6 Å². The molecule has 0 spiro atoms. The lowest BCUT2D eigenvalue weighted by molar-refractivity contribution is 0.632. The number of H-pyrrole nitrogens is 2. The molecule has 9 nitrogen and oxygen atoms in total. The quantitative estimate of drug-likeness (QED) is 0.413. The zero-order valence-electron chi connectivity index (χ0n) is 18.7. The molecule has 0 bridgehead atoms. The smallest absolute Gasteiger partial charge is 0.166 e. The van der Waals surface area contributed by atoms with Crippen molar-refractivity contribution in [2.45, 2.75) is 6.92 Å². The number of pyridine rings is 2. The highest BCUT2D eigenvalue weighted by molar-refractivity contribution is 5.96. The van der Waals surface area contributed by atoms with Crippen LogP contribution < -0.4 is 4.90 Å². The largest absolute Gasteiger partial charge is 0.376 e. The van der Waals surface area contributed by atoms with Crippen molar-refractivity contribution < 1.29 is 4.39 Å². The number of nitrogens with one attached hydrogen (secondary N) is 2. The summed E-state index contributed by atoms with van der Waals surface area (Å²) in [6.07, 6.45) is 8.72. The van der Waals surface area contributed by atoms with Gasteiger partial charge < -0.3 is 9.88 Å². The van der Waals surface area contributed by atoms with Gasteiger partial charge in [0.05, 0.1) is 28.6 Å². The summed E-state index contributed by atoms with van der Waals surface area (Å²) in [5, 5.41) is 8.11. The Labute approximate surface area is 193 Å². The van der Waals surface area contributed by atoms with E-state index in [1.807, 2.05) is 48.8 Å². The van der Waals surface area contributed by atoms with E-state index in [4.69, 9.17) is 4.98 Å². The summed E-state index contributed by atoms with van der Waals surface area (Å²) in [5.74, 6) is 0.871. The second-order valence-corrected chi connectivity index (χ2v) is 8.31. The molecule has 5 heterocycles. The molecule has 0 amide bonds. The number of aromatic nitrogens is 8. The van der Waals surface area contributed by atoms with Crippen molar-refractivity contribution in [2.75, 3.05) is 19.0 Å². The molecule has 0 aliphatic rings. The van der Waals surface area contributed by atoms with Gasteiger partial charge in [-0.25, -0.2) is 19.3 Å². The fraction of sp³-hybridized carbons (Fsp3) is 0.125. The van der Waals surface area contributed by atoms with E-state index in [-0.39, 0.29) is 5.82 Å². The van der Waals surface area contributed by atoms with E-state index in [9.17, 15) is 0 Å². The molecule has 0 saturated heterocycles. The summed E-state index contributed by atoms with van der Waals surface area (Å²) in [5.41, 5.74) is 5.58. The highest BCUT2D eigenvalue weighted by Crippen LogP contribution is 2.33. The number of halogens is 1. The van der Waals surface area contributed by atoms with Gasteiger partial charge in [-0.15, -0.1) is 0 Å². The second-order valence-electron chi connectivity index (χ2n) is 8.31. The number of hydrogen-bond acceptors (Lipinski definition) is 6. The van der Waals surface area contributed by atoms with Crippen LogP contribution in [-0.2, 0) is 0 Å². The molecule has 0 atom stereocenters. The van der Waals surface area contributed by atoms with Crippen LogP contribution in [0.2, 0.25) is 0 Å². The number of hydrogen-bond donors (Lipinski definition) is 2. The Hall–Kier alpha value is -4.60. The number of rotatable bonds is 4. The number of nitrogens with zero attached hydrogens (tertiary/aromatic N) is 7. The van der Waals surface area contributed by atoms with E-state index in [2.05, 4.69) is 30.1 Å². The number of aromatic amines is 2. The first-order chi connectivity index (χ1) is 16.5. The molecule has 5 aromatic heterocycles. The SMILES string of the molecule is Cc1cn(-c2nccc3[nH]c(-c4n[nH]c5cc(F)c(-c6cncc(N(C)C)c6)cc45)nc23)cn1. The predicted octanol–water partition coefficient (Wildman–Crippen LogP) is 4.26. The molecule has 0 aliphatic heterocycles. The molecule has 34 heavy (non-hydrogen) atoms. The lowest BCUT2D eigenvalue weighted by Gasteiger charge is -2.13. The third kappa shape index (κ3) is 3.19. The van der Waals surface area contributed by atoms with Gasteiger partial charge >= 0.3 is 0 Å². The van der Waals surface area contributed by atoms with E-state index in [1.54, 1.807) is 31.0 Å². The third-order valence-corrected chi connectivity index (χ3v) is 5.76. The van der Waals surface area contributed by atoms with Gasteiger partial charge in [-0.1, -0.05) is 0 Å². The first-order valence-corrected chi connectivity index (χ1v) is 10.6. The standard InChI is InChI=1S/C24H20FN9/c1-13-11-34(12-28-13)24-22-19(4-5-27-24)29-23(30-22)21-17-7-16(18(25)8-20(17)31-32-21)14-6-15(33(2)3)10-26-9-14/h4-12H,1-3H3,(H,29,30)(H,31,32). The van der Waals surface area contributed by atoms with Crippen LogP contribution in [0.3, 0.4) is 0 Å². The Kier molecular flexibility index (Phi) is 4.41. The fourth-order valence-electron chi connectivity index (χ4n) is 4.02. The van der Waals surface area contributed by atoms with Crippen molar-refractivity contribution in [3.8, 4) is 28.5 Å². The van der Waals surface area contributed by atoms with Gasteiger partial charge in [-0.3, -0.25) is 14.6 Å². The zero-order chi connectivity index (χ0) is 23.4. The van der Waals surface area contributed by atoms with E-state index < -0.39 is 0 Å². The monoisotopic (exact) mass is 453 g/mol. The van der Waals surface area contributed by atoms with Gasteiger partial charge in [0.15, 0.2) is 11.6 Å². The van der Waals surface area contributed by atoms with Gasteiger partial charge in [0.2, 0.25) is 0 Å². The molecule has 0 aliphatic carbocycles. The fourth-order valence-corrected chi connectivity index (χ4v) is 4.02. The van der Waals surface area contributed by atoms with Gasteiger partial charge in [0, 0.05) is 55.3 Å². The zero-order valence-corrected chi connectivity index (χ0v) is 18.7. The average molecular weight is 453 g/mol. The van der Waals surface area contributed by atoms with Crippen LogP contribution in [0, 0.1) is 12.7 Å². The highest BCUT2D eigenvalue weighted by atomic mass is 19.1. The van der Waals surface area contributed by atoms with Gasteiger partial charge in [-0.2, -0.15) is 5.10 Å². The topological polar surface area (TPSA) is 104 Å². The lowest BCUT2D eigenvalue weighted by atomic mass is 10.0. The van der Waals surface area contributed by atoms with Crippen LogP contribution in [-0.4, -0.2) is 53.8 Å². The van der Waals surface area contributed by atoms with E-state index in [0.29, 0.717) is 39.5 Å². The van der Waals surface area contributed by atoms with Crippen LogP contribution >= 0.6 is 0 Å². The molecular formula is C24H20FN9. The van der Waals surface area contributed by atoms with E-state index in [0.717, 1.165) is 22.3 Å². The third-order valence-electron chi connectivity index (χ3n) is 5.76. The molecular weight excluding hydrogens is 433 g/mol. The van der Waals surface area contributed by atoms with Crippen LogP contribution in [0.15, 0.2) is 55.4 Å². The van der Waals surface area contributed by atoms with Crippen LogP contribution in [0.5, 0.6) is 0 Å². The lowest BCUT2D eigenvalue weighted by Crippen LogP contribution is -2.08. The summed E-state index contributed by atoms with van der Waals surface area (Å²) in [4.78, 5) is 23.1. The highest BCUT2D eigenvalue weighted by Gasteiger charge is 2.18. The second kappa shape index (κ2) is 7.48. The maximum Gasteiger partial charge on any atom is 0.166 e. The summed E-state index contributed by atoms with van der Waals surface area (Å²) in [7, 11) is 3.84. The Morgan fingerprint density at radius 3 is 2.74 bits per heavy atom. The van der Waals surface area contributed by atoms with Crippen molar-refractivity contribution in [1.82, 2.24) is 39.7 Å². The maximum absolute atomic E-state index is 15.0. The first-order valence-electron chi connectivity index (χ1n) is 10.6. The first kappa shape index (κ1) is 20.0. The molecule has 0 unspecified atom stereocenters. The van der Waals surface area contributed by atoms with Crippen molar-refractivity contribution in [3.63, 3.8) is 0 Å². The Bertz CT molecular complexity index is 1680. The molecule has 1 aromatic carbocycles. The predicted molar refractivity (Wildman–Crippen MR) is 128 cm³/mol. The van der Waals surface area contributed by atoms with E-state index >= 15 is 4.39 Å². The molecule has 0 fully saturated rings. The average Bonchev–Trinajstić information content (AvgIpc) is 3.55. The van der Waals surface area contributed by atoms with Gasteiger partial charge in [0.1, 0.15) is 23.4 Å². The molecule has 10 heteroatoms. The van der Waals surface area contributed by atoms with E-state index in [1.165, 1.54) is 6.07 Å². The molecule has 0 saturated carbocycles. The summed E-state index contributed by atoms with van der Waals surface area (Å²) >= 11 is 0. The molecule has 0 radical (unpaired) electrons. The number of benzene rings is 1. The van der Waals surface area contributed by atoms with Crippen LogP contribution in [0.25, 0.3) is 50.4 Å². The van der Waals surface area contributed by atoms with Crippen LogP contribution in [0.4, 0.5) is 10.1 Å². The van der Waals surface area contributed by atoms with Crippen molar-refractivity contribution in [3.05, 3.63) is 66.9 Å². The normalized spacial score (nSPS) is 11.5. The Morgan fingerprint density at radius 1 is 1.06 bits per heavy atom. The Balaban J connectivity index is 1.51. The summed E-state index contributed by atoms with van der Waals surface area (Å²) < 4.78 is 16.9. The van der Waals surface area contributed by atoms with Crippen molar-refractivity contribution in [2.24, 2.45) is 0 Å². The minimum absolute atomic E-state index is 0.355. The van der Waals surface area contributed by atoms with Crippen molar-refractivity contribution in [1.29, 1.82) is 0 Å². The number of anilines is 1. The summed E-state index contributed by atoms with van der Waals surface area (Å²) in [6.45, 7) is 1.92. The minimum atomic E-state index is -0.355. The molecule has 168 valence electrons. The summed E-state index contributed by atoms with van der Waals surface area (Å²) in [6, 6.07) is 7.00. The number of aryl methyl sites for hydroxylation is 1. The molecule has 6 aromatic rings. The Morgan fingerprint density at radius 2 is 1.94 bits per heavy atom. The minimum Gasteiger partial charge on any atom is -0.376 e. The van der Waals surface area contributed by atoms with Crippen LogP contribution in [0.1, 0.15) is 5.69 Å². The van der Waals surface area contributed by atoms with Gasteiger partial charge in [-0.05, 0) is 25.1 Å². The number of imidazole rings is 2. The molecule has 6 rings (SSSR count). The van der Waals surface area contributed by atoms with Gasteiger partial charge in [0.25, 0.3) is 0 Å². The maximum atomic E-state index is 15.0. The molecule has 2 N–H and O–H groups in total. The number of fused-ring (bicyclic) bond motifs is 2.